The summed E-state index contributed by atoms with van der Waals surface area (Å²) < 4.78 is 0. The van der Waals surface area contributed by atoms with Crippen molar-refractivity contribution in [3.63, 3.8) is 0 Å². The maximum Gasteiger partial charge on any atom is 4.00 e. The monoisotopic (exact) mass is 559 g/mol. The van der Waals surface area contributed by atoms with Crippen molar-refractivity contribution in [3.8, 4) is 0 Å². The second-order valence-corrected chi connectivity index (χ2v) is 6.40. The van der Waals surface area contributed by atoms with Crippen molar-refractivity contribution in [3.05, 3.63) is 0 Å². The molecule has 0 unspecified atom stereocenters. The van der Waals surface area contributed by atoms with E-state index in [1.54, 1.807) is 0 Å². The van der Waals surface area contributed by atoms with Gasteiger partial charge in [-0.15, -0.1) is 0 Å². The van der Waals surface area contributed by atoms with E-state index in [9.17, 15) is 19.8 Å². The molecule has 8 nitrogen and oxygen atoms in total. The Morgan fingerprint density at radius 2 is 0.913 bits per heavy atom. The molecular formula is C12H30Cl2N4O4Pt. The molecule has 23 heavy (non-hydrogen) atoms. The first-order chi connectivity index (χ1) is 7.83. The van der Waals surface area contributed by atoms with Crippen LogP contribution in [0.15, 0.2) is 0 Å². The predicted molar refractivity (Wildman–Crippen MR) is 75.8 cm³/mol. The van der Waals surface area contributed by atoms with Crippen LogP contribution < -0.4 is 58.0 Å². The quantitative estimate of drug-likeness (QED) is 0.262. The standard InChI is InChI=1S/2C6H13NO2.2ClH.2H3N.Pt/c2*1-6(2,3)4-7-5(8)9;;;;;/h2*7H,4H2,1-3H3,(H,8,9);2*1H;2*1H3;/q;;;;;;+4/p-4. The maximum atomic E-state index is 9.82. The minimum Gasteiger partial charge on any atom is -1.00 e. The summed E-state index contributed by atoms with van der Waals surface area (Å²) in [6.07, 6.45) is -2.41. The Morgan fingerprint density at radius 3 is 0.957 bits per heavy atom. The van der Waals surface area contributed by atoms with Crippen LogP contribution >= 0.6 is 0 Å². The third-order valence-corrected chi connectivity index (χ3v) is 1.53. The van der Waals surface area contributed by atoms with Gasteiger partial charge in [-0.2, -0.15) is 0 Å². The van der Waals surface area contributed by atoms with Crippen LogP contribution in [0.3, 0.4) is 0 Å². The molecule has 0 heterocycles. The van der Waals surface area contributed by atoms with Gasteiger partial charge in [-0.3, -0.25) is 0 Å². The molecule has 0 saturated heterocycles. The van der Waals surface area contributed by atoms with E-state index >= 15 is 0 Å². The zero-order valence-corrected chi connectivity index (χ0v) is 18.3. The second-order valence-electron chi connectivity index (χ2n) is 6.40. The van der Waals surface area contributed by atoms with Crippen LogP contribution in [0.4, 0.5) is 9.59 Å². The first kappa shape index (κ1) is 43.4. The summed E-state index contributed by atoms with van der Waals surface area (Å²) in [5.74, 6) is 0. The molecule has 0 atom stereocenters. The van der Waals surface area contributed by atoms with Crippen LogP contribution in [0.2, 0.25) is 0 Å². The largest absolute Gasteiger partial charge is 4.00 e. The zero-order valence-electron chi connectivity index (χ0n) is 14.5. The molecule has 0 radical (unpaired) electrons. The molecular weight excluding hydrogens is 530 g/mol. The molecule has 0 aromatic heterocycles. The van der Waals surface area contributed by atoms with Crippen molar-refractivity contribution in [2.75, 3.05) is 13.1 Å². The average Bonchev–Trinajstić information content (AvgIpc) is 2.10. The average molecular weight is 560 g/mol. The van der Waals surface area contributed by atoms with E-state index in [0.717, 1.165) is 0 Å². The Bertz CT molecular complexity index is 257. The van der Waals surface area contributed by atoms with E-state index in [1.807, 2.05) is 41.5 Å². The summed E-state index contributed by atoms with van der Waals surface area (Å²) in [7, 11) is 0. The number of hydrogen-bond acceptors (Lipinski definition) is 6. The van der Waals surface area contributed by atoms with E-state index in [0.29, 0.717) is 13.1 Å². The fourth-order valence-corrected chi connectivity index (χ4v) is 0.675. The van der Waals surface area contributed by atoms with Gasteiger partial charge in [-0.25, -0.2) is 0 Å². The third kappa shape index (κ3) is 61.5. The topological polar surface area (TPSA) is 174 Å². The van der Waals surface area contributed by atoms with Crippen molar-refractivity contribution in [1.29, 1.82) is 0 Å². The molecule has 146 valence electrons. The fraction of sp³-hybridized carbons (Fsp3) is 0.833. The predicted octanol–water partition coefficient (Wildman–Crippen LogP) is -5.74. The normalized spacial score (nSPS) is 8.61. The van der Waals surface area contributed by atoms with Gasteiger partial charge in [0.15, 0.2) is 0 Å². The van der Waals surface area contributed by atoms with E-state index in [2.05, 4.69) is 10.6 Å². The molecule has 11 heteroatoms. The van der Waals surface area contributed by atoms with Crippen molar-refractivity contribution in [2.45, 2.75) is 41.5 Å². The molecule has 0 rings (SSSR count). The van der Waals surface area contributed by atoms with Gasteiger partial charge in [0.05, 0.1) is 0 Å². The molecule has 0 aliphatic heterocycles. The SMILES string of the molecule is CC(C)(C)CNC(=O)[O-].CC(C)(C)CNC(=O)[O-].N.N.[Cl-].[Cl-].[Pt+4]. The molecule has 0 spiro atoms. The van der Waals surface area contributed by atoms with Crippen LogP contribution in [-0.4, -0.2) is 25.3 Å². The number of rotatable bonds is 2. The summed E-state index contributed by atoms with van der Waals surface area (Å²) in [4.78, 5) is 19.6. The van der Waals surface area contributed by atoms with Gasteiger partial charge in [-0.1, -0.05) is 41.5 Å². The molecule has 0 bridgehead atoms. The first-order valence-electron chi connectivity index (χ1n) is 5.73. The van der Waals surface area contributed by atoms with Crippen LogP contribution in [0.1, 0.15) is 41.5 Å². The van der Waals surface area contributed by atoms with E-state index in [-0.39, 0.29) is 69.0 Å². The molecule has 0 aromatic carbocycles. The van der Waals surface area contributed by atoms with Crippen molar-refractivity contribution < 1.29 is 65.7 Å². The Labute approximate surface area is 166 Å². The van der Waals surface area contributed by atoms with E-state index in [1.165, 1.54) is 0 Å². The number of carboxylic acid groups (broad SMARTS) is 2. The van der Waals surface area contributed by atoms with Crippen molar-refractivity contribution in [1.82, 2.24) is 22.9 Å². The third-order valence-electron chi connectivity index (χ3n) is 1.53. The maximum absolute atomic E-state index is 9.82. The minimum absolute atomic E-state index is 0. The molecule has 0 fully saturated rings. The van der Waals surface area contributed by atoms with Crippen LogP contribution in [0, 0.1) is 10.8 Å². The van der Waals surface area contributed by atoms with Gasteiger partial charge in [0, 0.05) is 13.1 Å². The molecule has 0 saturated carbocycles. The van der Waals surface area contributed by atoms with Crippen LogP contribution in [0.5, 0.6) is 0 Å². The van der Waals surface area contributed by atoms with Gasteiger partial charge in [-0.05, 0) is 10.8 Å². The zero-order chi connectivity index (χ0) is 15.0. The van der Waals surface area contributed by atoms with Crippen molar-refractivity contribution in [2.24, 2.45) is 10.8 Å². The van der Waals surface area contributed by atoms with Gasteiger partial charge >= 0.3 is 21.1 Å². The molecule has 0 aliphatic carbocycles. The summed E-state index contributed by atoms with van der Waals surface area (Å²) >= 11 is 0. The van der Waals surface area contributed by atoms with Gasteiger partial charge in [0.2, 0.25) is 0 Å². The molecule has 0 aromatic rings. The van der Waals surface area contributed by atoms with Crippen molar-refractivity contribution >= 4 is 12.2 Å². The fourth-order valence-electron chi connectivity index (χ4n) is 0.675. The number of nitrogens with one attached hydrogen (secondary N) is 2. The van der Waals surface area contributed by atoms with Gasteiger partial charge in [0.1, 0.15) is 12.2 Å². The Kier molecular flexibility index (Phi) is 37.3. The summed E-state index contributed by atoms with van der Waals surface area (Å²) in [5, 5.41) is 24.0. The van der Waals surface area contributed by atoms with Gasteiger partial charge < -0.3 is 67.6 Å². The Balaban J connectivity index is -0.0000000366. The molecule has 0 aliphatic rings. The number of hydrogen-bond donors (Lipinski definition) is 4. The molecule has 8 N–H and O–H groups in total. The second kappa shape index (κ2) is 19.8. The summed E-state index contributed by atoms with van der Waals surface area (Å²) in [6, 6.07) is 0. The molecule has 2 amide bonds. The number of carbonyl (C=O) groups is 2. The van der Waals surface area contributed by atoms with E-state index < -0.39 is 12.2 Å². The Morgan fingerprint density at radius 1 is 0.739 bits per heavy atom. The smallest absolute Gasteiger partial charge is 1.00 e. The first-order valence-corrected chi connectivity index (χ1v) is 5.73. The number of halogens is 2. The van der Waals surface area contributed by atoms with Crippen LogP contribution in [-0.2, 0) is 21.1 Å². The number of amides is 2. The summed E-state index contributed by atoms with van der Waals surface area (Å²) in [6.45, 7) is 12.6. The van der Waals surface area contributed by atoms with E-state index in [4.69, 9.17) is 0 Å². The Hall–Kier alpha value is -0.272. The number of carbonyl (C=O) groups excluding carboxylic acids is 2. The van der Waals surface area contributed by atoms with Crippen LogP contribution in [0.25, 0.3) is 0 Å². The summed E-state index contributed by atoms with van der Waals surface area (Å²) in [5.41, 5.74) is 0.000139. The minimum atomic E-state index is -1.20. The van der Waals surface area contributed by atoms with Gasteiger partial charge in [0.25, 0.3) is 0 Å².